The Morgan fingerprint density at radius 1 is 1.44 bits per heavy atom. The van der Waals surface area contributed by atoms with Gasteiger partial charge in [-0.3, -0.25) is 9.69 Å². The van der Waals surface area contributed by atoms with E-state index in [1.807, 2.05) is 4.57 Å². The van der Waals surface area contributed by atoms with Crippen LogP contribution >= 0.6 is 0 Å². The number of fused-ring (bicyclic) bond motifs is 1. The molecule has 1 aliphatic carbocycles. The van der Waals surface area contributed by atoms with Crippen LogP contribution in [0.3, 0.4) is 0 Å². The van der Waals surface area contributed by atoms with E-state index in [1.165, 1.54) is 25.7 Å². The zero-order chi connectivity index (χ0) is 17.3. The van der Waals surface area contributed by atoms with Crippen molar-refractivity contribution >= 4 is 5.91 Å². The Balaban J connectivity index is 1.42. The molecule has 2 aliphatic heterocycles. The maximum absolute atomic E-state index is 13.1. The lowest BCUT2D eigenvalue weighted by molar-refractivity contribution is -0.131. The first-order valence-corrected chi connectivity index (χ1v) is 9.82. The third kappa shape index (κ3) is 3.08. The van der Waals surface area contributed by atoms with E-state index in [2.05, 4.69) is 32.7 Å². The lowest BCUT2D eigenvalue weighted by Crippen LogP contribution is -2.48. The summed E-state index contributed by atoms with van der Waals surface area (Å²) in [6.45, 7) is 7.23. The van der Waals surface area contributed by atoms with Crippen molar-refractivity contribution in [3.8, 4) is 0 Å². The molecule has 3 heterocycles. The molecule has 3 aliphatic rings. The number of hydrogen-bond donors (Lipinski definition) is 2. The summed E-state index contributed by atoms with van der Waals surface area (Å²) in [5, 5.41) is 14.8. The molecule has 0 unspecified atom stereocenters. The molecule has 2 atom stereocenters. The van der Waals surface area contributed by atoms with Crippen molar-refractivity contribution in [2.24, 2.45) is 11.3 Å². The number of hydrogen-bond acceptors (Lipinski definition) is 5. The molecule has 25 heavy (non-hydrogen) atoms. The van der Waals surface area contributed by atoms with E-state index in [9.17, 15) is 4.79 Å². The van der Waals surface area contributed by atoms with E-state index < -0.39 is 0 Å². The van der Waals surface area contributed by atoms with Crippen LogP contribution in [-0.4, -0.2) is 57.8 Å². The summed E-state index contributed by atoms with van der Waals surface area (Å²) in [7, 11) is 0. The monoisotopic (exact) mass is 346 g/mol. The van der Waals surface area contributed by atoms with Gasteiger partial charge in [-0.05, 0) is 19.3 Å². The van der Waals surface area contributed by atoms with Gasteiger partial charge in [0.2, 0.25) is 5.91 Å². The van der Waals surface area contributed by atoms with Crippen LogP contribution in [0.15, 0.2) is 6.33 Å². The average molecular weight is 346 g/mol. The van der Waals surface area contributed by atoms with Crippen molar-refractivity contribution in [1.82, 2.24) is 30.3 Å². The highest BCUT2D eigenvalue weighted by atomic mass is 16.2. The van der Waals surface area contributed by atoms with Crippen LogP contribution < -0.4 is 10.6 Å². The molecule has 7 heteroatoms. The second-order valence-electron chi connectivity index (χ2n) is 7.97. The molecule has 3 fully saturated rings. The number of aryl methyl sites for hydroxylation is 1. The van der Waals surface area contributed by atoms with E-state index in [0.717, 1.165) is 45.0 Å². The summed E-state index contributed by atoms with van der Waals surface area (Å²) in [5.41, 5.74) is -0.266. The Bertz CT molecular complexity index is 610. The van der Waals surface area contributed by atoms with Crippen molar-refractivity contribution in [3.63, 3.8) is 0 Å². The van der Waals surface area contributed by atoms with Crippen LogP contribution in [0.5, 0.6) is 0 Å². The van der Waals surface area contributed by atoms with Gasteiger partial charge >= 0.3 is 0 Å². The van der Waals surface area contributed by atoms with Gasteiger partial charge < -0.3 is 15.2 Å². The van der Waals surface area contributed by atoms with E-state index in [-0.39, 0.29) is 11.3 Å². The second-order valence-corrected chi connectivity index (χ2v) is 7.97. The maximum atomic E-state index is 13.1. The summed E-state index contributed by atoms with van der Waals surface area (Å²) in [6, 6.07) is 0.697. The predicted molar refractivity (Wildman–Crippen MR) is 94.8 cm³/mol. The molecular weight excluding hydrogens is 316 g/mol. The standard InChI is InChI=1S/C18H30N6O/c1-2-7-23-13-21-22-16(23)9-20-17(25)18-11-19-8-14(18)10-24(12-18)15-5-3-4-6-15/h13-15,19H,2-12H2,1H3,(H,20,25)/t14-,18-/m0/s1. The molecule has 138 valence electrons. The van der Waals surface area contributed by atoms with Gasteiger partial charge in [0.1, 0.15) is 6.33 Å². The number of likely N-dealkylation sites (tertiary alicyclic amines) is 1. The maximum Gasteiger partial charge on any atom is 0.229 e. The SMILES string of the molecule is CCCn1cnnc1CNC(=O)[C@]12CNC[C@H]1CN(C1CCCC1)C2. The Hall–Kier alpha value is -1.47. The van der Waals surface area contributed by atoms with Gasteiger partial charge in [-0.25, -0.2) is 0 Å². The fraction of sp³-hybridized carbons (Fsp3) is 0.833. The van der Waals surface area contributed by atoms with Gasteiger partial charge in [0.15, 0.2) is 5.82 Å². The van der Waals surface area contributed by atoms with Gasteiger partial charge in [0.05, 0.1) is 12.0 Å². The highest BCUT2D eigenvalue weighted by Gasteiger charge is 2.55. The number of rotatable bonds is 6. The Morgan fingerprint density at radius 3 is 3.08 bits per heavy atom. The van der Waals surface area contributed by atoms with Crippen molar-refractivity contribution in [2.45, 2.75) is 58.2 Å². The molecular formula is C18H30N6O. The highest BCUT2D eigenvalue weighted by Crippen LogP contribution is 2.42. The minimum absolute atomic E-state index is 0.189. The lowest BCUT2D eigenvalue weighted by atomic mass is 9.80. The summed E-state index contributed by atoms with van der Waals surface area (Å²) in [6.07, 6.45) is 8.08. The zero-order valence-electron chi connectivity index (χ0n) is 15.2. The third-order valence-corrected chi connectivity index (χ3v) is 6.41. The average Bonchev–Trinajstić information content (AvgIpc) is 3.35. The van der Waals surface area contributed by atoms with Crippen LogP contribution in [0.1, 0.15) is 44.9 Å². The second kappa shape index (κ2) is 7.03. The van der Waals surface area contributed by atoms with Gasteiger partial charge in [-0.1, -0.05) is 19.8 Å². The Morgan fingerprint density at radius 2 is 2.28 bits per heavy atom. The van der Waals surface area contributed by atoms with Crippen molar-refractivity contribution < 1.29 is 4.79 Å². The first-order valence-electron chi connectivity index (χ1n) is 9.82. The predicted octanol–water partition coefficient (Wildman–Crippen LogP) is 0.768. The van der Waals surface area contributed by atoms with Crippen LogP contribution in [0.4, 0.5) is 0 Å². The van der Waals surface area contributed by atoms with Crippen LogP contribution in [-0.2, 0) is 17.9 Å². The van der Waals surface area contributed by atoms with Gasteiger partial charge in [-0.15, -0.1) is 10.2 Å². The van der Waals surface area contributed by atoms with E-state index in [0.29, 0.717) is 18.5 Å². The fourth-order valence-electron chi connectivity index (χ4n) is 5.01. The topological polar surface area (TPSA) is 75.1 Å². The molecule has 1 aromatic rings. The number of nitrogens with zero attached hydrogens (tertiary/aromatic N) is 4. The van der Waals surface area contributed by atoms with Crippen LogP contribution in [0, 0.1) is 11.3 Å². The molecule has 2 N–H and O–H groups in total. The first-order chi connectivity index (χ1) is 12.2. The quantitative estimate of drug-likeness (QED) is 0.796. The molecule has 2 saturated heterocycles. The summed E-state index contributed by atoms with van der Waals surface area (Å²) in [4.78, 5) is 15.7. The number of aromatic nitrogens is 3. The smallest absolute Gasteiger partial charge is 0.229 e. The minimum Gasteiger partial charge on any atom is -0.348 e. The molecule has 7 nitrogen and oxygen atoms in total. The van der Waals surface area contributed by atoms with Gasteiger partial charge in [0, 0.05) is 44.7 Å². The largest absolute Gasteiger partial charge is 0.348 e. The molecule has 0 radical (unpaired) electrons. The summed E-state index contributed by atoms with van der Waals surface area (Å²) in [5.74, 6) is 1.47. The third-order valence-electron chi connectivity index (χ3n) is 6.41. The molecule has 1 aromatic heterocycles. The van der Waals surface area contributed by atoms with E-state index >= 15 is 0 Å². The van der Waals surface area contributed by atoms with E-state index in [1.54, 1.807) is 6.33 Å². The number of nitrogens with one attached hydrogen (secondary N) is 2. The molecule has 1 amide bonds. The normalized spacial score (nSPS) is 30.0. The number of amides is 1. The lowest BCUT2D eigenvalue weighted by Gasteiger charge is -2.29. The first kappa shape index (κ1) is 17.0. The Kier molecular flexibility index (Phi) is 4.78. The molecule has 0 bridgehead atoms. The number of carbonyl (C=O) groups excluding carboxylic acids is 1. The van der Waals surface area contributed by atoms with Crippen molar-refractivity contribution in [1.29, 1.82) is 0 Å². The van der Waals surface area contributed by atoms with Crippen molar-refractivity contribution in [2.75, 3.05) is 26.2 Å². The van der Waals surface area contributed by atoms with E-state index in [4.69, 9.17) is 0 Å². The molecule has 4 rings (SSSR count). The van der Waals surface area contributed by atoms with Crippen LogP contribution in [0.2, 0.25) is 0 Å². The molecule has 0 spiro atoms. The van der Waals surface area contributed by atoms with Crippen LogP contribution in [0.25, 0.3) is 0 Å². The molecule has 1 saturated carbocycles. The summed E-state index contributed by atoms with van der Waals surface area (Å²) < 4.78 is 2.03. The van der Waals surface area contributed by atoms with Crippen molar-refractivity contribution in [3.05, 3.63) is 12.2 Å². The van der Waals surface area contributed by atoms with Gasteiger partial charge in [0.25, 0.3) is 0 Å². The Labute approximate surface area is 149 Å². The fourth-order valence-corrected chi connectivity index (χ4v) is 5.01. The summed E-state index contributed by atoms with van der Waals surface area (Å²) >= 11 is 0. The van der Waals surface area contributed by atoms with Gasteiger partial charge in [-0.2, -0.15) is 0 Å². The molecule has 0 aromatic carbocycles. The minimum atomic E-state index is -0.266. The zero-order valence-corrected chi connectivity index (χ0v) is 15.2. The number of carbonyl (C=O) groups is 1. The highest BCUT2D eigenvalue weighted by molar-refractivity contribution is 5.84.